The third-order valence-electron chi connectivity index (χ3n) is 1.49. The lowest BCUT2D eigenvalue weighted by atomic mass is 10.2. The zero-order chi connectivity index (χ0) is 6.69. The minimum absolute atomic E-state index is 0.101. The van der Waals surface area contributed by atoms with Gasteiger partial charge in [0.1, 0.15) is 12.1 Å². The molecule has 4 heteroatoms. The Morgan fingerprint density at radius 2 is 2.56 bits per heavy atom. The van der Waals surface area contributed by atoms with Gasteiger partial charge in [-0.15, -0.1) is 0 Å². The fourth-order valence-electron chi connectivity index (χ4n) is 0.932. The van der Waals surface area contributed by atoms with Crippen LogP contribution in [0.3, 0.4) is 0 Å². The van der Waals surface area contributed by atoms with Crippen molar-refractivity contribution in [3.05, 3.63) is 4.91 Å². The summed E-state index contributed by atoms with van der Waals surface area (Å²) in [6.07, 6.45) is 0.303. The monoisotopic (exact) mass is 131 g/mol. The van der Waals surface area contributed by atoms with E-state index >= 15 is 0 Å². The van der Waals surface area contributed by atoms with Gasteiger partial charge in [-0.3, -0.25) is 0 Å². The van der Waals surface area contributed by atoms with Crippen molar-refractivity contribution in [3.8, 4) is 0 Å². The van der Waals surface area contributed by atoms with Crippen LogP contribution in [-0.2, 0) is 4.74 Å². The van der Waals surface area contributed by atoms with Gasteiger partial charge < -0.3 is 9.84 Å². The first-order valence-electron chi connectivity index (χ1n) is 2.93. The summed E-state index contributed by atoms with van der Waals surface area (Å²) in [7, 11) is 0. The molecule has 1 fully saturated rings. The zero-order valence-corrected chi connectivity index (χ0v) is 4.99. The molecule has 0 bridgehead atoms. The number of nitroso groups, excluding NO2 is 1. The maximum absolute atomic E-state index is 9.94. The average Bonchev–Trinajstić information content (AvgIpc) is 2.33. The summed E-state index contributed by atoms with van der Waals surface area (Å²) < 4.78 is 4.96. The predicted molar refractivity (Wildman–Crippen MR) is 31.0 cm³/mol. The van der Waals surface area contributed by atoms with Crippen molar-refractivity contribution in [3.63, 3.8) is 0 Å². The molecule has 0 aromatic heterocycles. The van der Waals surface area contributed by atoms with Crippen molar-refractivity contribution in [2.24, 2.45) is 5.18 Å². The third-order valence-corrected chi connectivity index (χ3v) is 1.49. The fraction of sp³-hybridized carbons (Fsp3) is 1.00. The predicted octanol–water partition coefficient (Wildman–Crippen LogP) is -0.0974. The van der Waals surface area contributed by atoms with Crippen LogP contribution in [0.25, 0.3) is 0 Å². The molecule has 0 radical (unpaired) electrons. The summed E-state index contributed by atoms with van der Waals surface area (Å²) in [5.41, 5.74) is 0. The number of hydrogen-bond acceptors (Lipinski definition) is 4. The van der Waals surface area contributed by atoms with Crippen LogP contribution in [0.4, 0.5) is 0 Å². The molecule has 0 amide bonds. The highest BCUT2D eigenvalue weighted by Gasteiger charge is 2.28. The highest BCUT2D eigenvalue weighted by molar-refractivity contribution is 4.80. The number of aliphatic hydroxyl groups excluding tert-OH is 1. The zero-order valence-electron chi connectivity index (χ0n) is 4.99. The van der Waals surface area contributed by atoms with Gasteiger partial charge in [0.05, 0.1) is 6.61 Å². The highest BCUT2D eigenvalue weighted by atomic mass is 16.5. The van der Waals surface area contributed by atoms with Gasteiger partial charge in [-0.2, -0.15) is 4.91 Å². The molecule has 2 unspecified atom stereocenters. The summed E-state index contributed by atoms with van der Waals surface area (Å²) >= 11 is 0. The van der Waals surface area contributed by atoms with Gasteiger partial charge in [0.15, 0.2) is 0 Å². The number of nitrogens with zero attached hydrogens (tertiary/aromatic N) is 1. The van der Waals surface area contributed by atoms with E-state index in [2.05, 4.69) is 5.18 Å². The molecule has 4 nitrogen and oxygen atoms in total. The van der Waals surface area contributed by atoms with Crippen LogP contribution in [-0.4, -0.2) is 30.5 Å². The molecule has 1 aliphatic rings. The van der Waals surface area contributed by atoms with Crippen LogP contribution in [0.15, 0.2) is 5.18 Å². The van der Waals surface area contributed by atoms with E-state index in [-0.39, 0.29) is 18.8 Å². The van der Waals surface area contributed by atoms with Gasteiger partial charge in [0.2, 0.25) is 0 Å². The molecule has 1 N–H and O–H groups in total. The minimum atomic E-state index is -0.345. The fourth-order valence-corrected chi connectivity index (χ4v) is 0.932. The Balaban J connectivity index is 2.41. The molecule has 0 aromatic rings. The van der Waals surface area contributed by atoms with Crippen LogP contribution >= 0.6 is 0 Å². The largest absolute Gasteiger partial charge is 0.394 e. The first kappa shape index (κ1) is 6.64. The van der Waals surface area contributed by atoms with E-state index in [1.807, 2.05) is 0 Å². The van der Waals surface area contributed by atoms with Gasteiger partial charge in [0.25, 0.3) is 0 Å². The molecule has 1 rings (SSSR count). The van der Waals surface area contributed by atoms with Crippen molar-refractivity contribution in [1.82, 2.24) is 0 Å². The van der Waals surface area contributed by atoms with E-state index in [0.717, 1.165) is 0 Å². The van der Waals surface area contributed by atoms with E-state index in [9.17, 15) is 4.91 Å². The summed E-state index contributed by atoms with van der Waals surface area (Å²) in [5, 5.41) is 11.3. The lowest BCUT2D eigenvalue weighted by Gasteiger charge is -2.06. The second-order valence-electron chi connectivity index (χ2n) is 2.05. The lowest BCUT2D eigenvalue weighted by Crippen LogP contribution is -2.22. The molecule has 9 heavy (non-hydrogen) atoms. The number of rotatable bonds is 2. The Morgan fingerprint density at radius 3 is 3.00 bits per heavy atom. The average molecular weight is 131 g/mol. The van der Waals surface area contributed by atoms with E-state index in [1.165, 1.54) is 0 Å². The van der Waals surface area contributed by atoms with Crippen LogP contribution < -0.4 is 0 Å². The van der Waals surface area contributed by atoms with Crippen LogP contribution in [0.1, 0.15) is 6.42 Å². The Morgan fingerprint density at radius 1 is 1.78 bits per heavy atom. The molecule has 0 saturated carbocycles. The van der Waals surface area contributed by atoms with Crippen molar-refractivity contribution in [2.75, 3.05) is 13.2 Å². The molecule has 1 saturated heterocycles. The number of ether oxygens (including phenoxy) is 1. The second-order valence-corrected chi connectivity index (χ2v) is 2.05. The first-order chi connectivity index (χ1) is 4.38. The van der Waals surface area contributed by atoms with Crippen molar-refractivity contribution in [2.45, 2.75) is 18.6 Å². The topological polar surface area (TPSA) is 58.9 Å². The van der Waals surface area contributed by atoms with E-state index in [0.29, 0.717) is 13.0 Å². The molecule has 0 aromatic carbocycles. The minimum Gasteiger partial charge on any atom is -0.394 e. The van der Waals surface area contributed by atoms with Gasteiger partial charge in [0, 0.05) is 6.61 Å². The molecule has 1 aliphatic heterocycles. The van der Waals surface area contributed by atoms with Gasteiger partial charge in [-0.25, -0.2) is 0 Å². The molecule has 0 aliphatic carbocycles. The number of hydrogen-bond donors (Lipinski definition) is 1. The summed E-state index contributed by atoms with van der Waals surface area (Å²) in [4.78, 5) is 9.94. The van der Waals surface area contributed by atoms with E-state index < -0.39 is 0 Å². The van der Waals surface area contributed by atoms with Gasteiger partial charge in [-0.05, 0) is 6.42 Å². The van der Waals surface area contributed by atoms with E-state index in [4.69, 9.17) is 9.84 Å². The summed E-state index contributed by atoms with van der Waals surface area (Å²) in [5.74, 6) is 0. The van der Waals surface area contributed by atoms with Gasteiger partial charge in [-0.1, -0.05) is 5.18 Å². The quantitative estimate of drug-likeness (QED) is 0.532. The smallest absolute Gasteiger partial charge is 0.122 e. The normalized spacial score (nSPS) is 34.8. The SMILES string of the molecule is O=NC1CCOC1CO. The van der Waals surface area contributed by atoms with Crippen molar-refractivity contribution in [1.29, 1.82) is 0 Å². The van der Waals surface area contributed by atoms with Crippen LogP contribution in [0, 0.1) is 4.91 Å². The maximum atomic E-state index is 9.94. The maximum Gasteiger partial charge on any atom is 0.122 e. The van der Waals surface area contributed by atoms with E-state index in [1.54, 1.807) is 0 Å². The Kier molecular flexibility index (Phi) is 2.13. The summed E-state index contributed by atoms with van der Waals surface area (Å²) in [6.45, 7) is 0.443. The van der Waals surface area contributed by atoms with Crippen LogP contribution in [0.5, 0.6) is 0 Å². The first-order valence-corrected chi connectivity index (χ1v) is 2.93. The standard InChI is InChI=1S/C5H9NO3/c7-3-5-4(6-8)1-2-9-5/h4-5,7H,1-3H2. The molecule has 52 valence electrons. The Bertz CT molecular complexity index is 106. The third kappa shape index (κ3) is 1.25. The molecular weight excluding hydrogens is 122 g/mol. The van der Waals surface area contributed by atoms with Gasteiger partial charge >= 0.3 is 0 Å². The Hall–Kier alpha value is -0.480. The lowest BCUT2D eigenvalue weighted by molar-refractivity contribution is 0.0529. The summed E-state index contributed by atoms with van der Waals surface area (Å²) in [6, 6.07) is -0.324. The number of aliphatic hydroxyl groups is 1. The highest BCUT2D eigenvalue weighted by Crippen LogP contribution is 2.15. The second kappa shape index (κ2) is 2.89. The van der Waals surface area contributed by atoms with Crippen molar-refractivity contribution < 1.29 is 9.84 Å². The van der Waals surface area contributed by atoms with Crippen molar-refractivity contribution >= 4 is 0 Å². The Labute approximate surface area is 52.8 Å². The molecule has 2 atom stereocenters. The molecule has 0 spiro atoms. The molecule has 1 heterocycles. The molecular formula is C5H9NO3. The van der Waals surface area contributed by atoms with Crippen LogP contribution in [0.2, 0.25) is 0 Å².